The molecule has 6 nitrogen and oxygen atoms in total. The van der Waals surface area contributed by atoms with Gasteiger partial charge >= 0.3 is 0 Å². The van der Waals surface area contributed by atoms with E-state index in [0.29, 0.717) is 31.8 Å². The standard InChI is InChI=1S/C22H35N3O3/c1-6-22(27)25(15-19-8-7-11-28-19)14-17-13-18(9-10-20(17)24(4)5)23-21(26)12-16(2)3/h9-10,13,16,19H,6-8,11-12,14-15H2,1-5H3,(H,23,26)/t19-/m0/s1. The minimum atomic E-state index is 0.0133. The Kier molecular flexibility index (Phi) is 8.30. The first kappa shape index (κ1) is 22.2. The van der Waals surface area contributed by atoms with Gasteiger partial charge in [0.05, 0.1) is 6.10 Å². The fourth-order valence-corrected chi connectivity index (χ4v) is 3.53. The summed E-state index contributed by atoms with van der Waals surface area (Å²) in [7, 11) is 3.98. The Hall–Kier alpha value is -2.08. The van der Waals surface area contributed by atoms with Gasteiger partial charge in [-0.3, -0.25) is 9.59 Å². The van der Waals surface area contributed by atoms with Crippen molar-refractivity contribution in [2.75, 3.05) is 37.5 Å². The number of hydrogen-bond donors (Lipinski definition) is 1. The van der Waals surface area contributed by atoms with E-state index in [1.165, 1.54) is 0 Å². The van der Waals surface area contributed by atoms with E-state index in [4.69, 9.17) is 4.74 Å². The predicted octanol–water partition coefficient (Wildman–Crippen LogP) is 3.65. The summed E-state index contributed by atoms with van der Waals surface area (Å²) in [6.07, 6.45) is 3.13. The molecule has 1 aliphatic heterocycles. The van der Waals surface area contributed by atoms with E-state index in [-0.39, 0.29) is 17.9 Å². The van der Waals surface area contributed by atoms with Gasteiger partial charge in [0.1, 0.15) is 0 Å². The van der Waals surface area contributed by atoms with E-state index in [2.05, 4.69) is 5.32 Å². The molecule has 1 N–H and O–H groups in total. The van der Waals surface area contributed by atoms with E-state index in [9.17, 15) is 9.59 Å². The van der Waals surface area contributed by atoms with Gasteiger partial charge in [-0.05, 0) is 42.5 Å². The molecule has 0 spiro atoms. The summed E-state index contributed by atoms with van der Waals surface area (Å²) >= 11 is 0. The van der Waals surface area contributed by atoms with Crippen LogP contribution in [0.2, 0.25) is 0 Å². The number of carbonyl (C=O) groups is 2. The molecule has 0 aliphatic carbocycles. The van der Waals surface area contributed by atoms with Crippen LogP contribution in [-0.2, 0) is 20.9 Å². The summed E-state index contributed by atoms with van der Waals surface area (Å²) < 4.78 is 5.75. The first-order valence-corrected chi connectivity index (χ1v) is 10.3. The molecule has 0 bridgehead atoms. The molecule has 1 aromatic rings. The van der Waals surface area contributed by atoms with Crippen LogP contribution in [0.4, 0.5) is 11.4 Å². The zero-order valence-electron chi connectivity index (χ0n) is 18.0. The van der Waals surface area contributed by atoms with Crippen molar-refractivity contribution < 1.29 is 14.3 Å². The maximum atomic E-state index is 12.6. The number of hydrogen-bond acceptors (Lipinski definition) is 4. The molecule has 6 heteroatoms. The van der Waals surface area contributed by atoms with Gasteiger partial charge in [0.25, 0.3) is 0 Å². The predicted molar refractivity (Wildman–Crippen MR) is 114 cm³/mol. The Bertz CT molecular complexity index is 667. The normalized spacial score (nSPS) is 16.3. The smallest absolute Gasteiger partial charge is 0.224 e. The molecule has 1 aliphatic rings. The molecule has 2 amide bonds. The van der Waals surface area contributed by atoms with E-state index in [1.54, 1.807) is 0 Å². The maximum Gasteiger partial charge on any atom is 0.224 e. The SMILES string of the molecule is CCC(=O)N(Cc1cc(NC(=O)CC(C)C)ccc1N(C)C)C[C@@H]1CCCO1. The number of carbonyl (C=O) groups excluding carboxylic acids is 2. The molecule has 1 saturated heterocycles. The van der Waals surface area contributed by atoms with E-state index in [1.807, 2.05) is 62.9 Å². The molecule has 2 rings (SSSR count). The van der Waals surface area contributed by atoms with Crippen LogP contribution in [0.5, 0.6) is 0 Å². The van der Waals surface area contributed by atoms with E-state index >= 15 is 0 Å². The van der Waals surface area contributed by atoms with Crippen molar-refractivity contribution in [3.63, 3.8) is 0 Å². The number of benzene rings is 1. The first-order chi connectivity index (χ1) is 13.3. The molecule has 0 saturated carbocycles. The van der Waals surface area contributed by atoms with Crippen LogP contribution in [0.15, 0.2) is 18.2 Å². The van der Waals surface area contributed by atoms with Crippen LogP contribution in [0.1, 0.15) is 52.0 Å². The van der Waals surface area contributed by atoms with Gasteiger partial charge in [0.2, 0.25) is 11.8 Å². The van der Waals surface area contributed by atoms with Gasteiger partial charge in [-0.15, -0.1) is 0 Å². The van der Waals surface area contributed by atoms with Crippen LogP contribution in [0.3, 0.4) is 0 Å². The highest BCUT2D eigenvalue weighted by Gasteiger charge is 2.23. The van der Waals surface area contributed by atoms with Crippen molar-refractivity contribution in [3.8, 4) is 0 Å². The lowest BCUT2D eigenvalue weighted by atomic mass is 10.1. The van der Waals surface area contributed by atoms with E-state index < -0.39 is 0 Å². The minimum absolute atomic E-state index is 0.0133. The number of nitrogens with zero attached hydrogens (tertiary/aromatic N) is 2. The third-order valence-electron chi connectivity index (χ3n) is 4.90. The third-order valence-corrected chi connectivity index (χ3v) is 4.90. The Morgan fingerprint density at radius 3 is 2.61 bits per heavy atom. The highest BCUT2D eigenvalue weighted by atomic mass is 16.5. The largest absolute Gasteiger partial charge is 0.377 e. The van der Waals surface area contributed by atoms with E-state index in [0.717, 1.165) is 36.4 Å². The van der Waals surface area contributed by atoms with Gasteiger partial charge < -0.3 is 19.9 Å². The van der Waals surface area contributed by atoms with Crippen molar-refractivity contribution in [1.29, 1.82) is 0 Å². The summed E-state index contributed by atoms with van der Waals surface area (Å²) in [6, 6.07) is 5.91. The van der Waals surface area contributed by atoms with Gasteiger partial charge in [-0.1, -0.05) is 20.8 Å². The lowest BCUT2D eigenvalue weighted by Gasteiger charge is -2.28. The number of nitrogens with one attached hydrogen (secondary N) is 1. The average molecular weight is 390 g/mol. The summed E-state index contributed by atoms with van der Waals surface area (Å²) in [6.45, 7) is 7.84. The summed E-state index contributed by atoms with van der Waals surface area (Å²) in [5, 5.41) is 2.98. The van der Waals surface area contributed by atoms with Crippen LogP contribution >= 0.6 is 0 Å². The zero-order valence-corrected chi connectivity index (χ0v) is 18.0. The lowest BCUT2D eigenvalue weighted by Crippen LogP contribution is -2.36. The summed E-state index contributed by atoms with van der Waals surface area (Å²) in [4.78, 5) is 28.6. The number of anilines is 2. The Balaban J connectivity index is 2.21. The molecule has 0 radical (unpaired) electrons. The third kappa shape index (κ3) is 6.51. The summed E-state index contributed by atoms with van der Waals surface area (Å²) in [5.41, 5.74) is 2.84. The quantitative estimate of drug-likeness (QED) is 0.700. The van der Waals surface area contributed by atoms with Gasteiger partial charge in [0, 0.05) is 58.0 Å². The maximum absolute atomic E-state index is 12.6. The van der Waals surface area contributed by atoms with Crippen molar-refractivity contribution in [2.24, 2.45) is 5.92 Å². The molecule has 1 aromatic carbocycles. The van der Waals surface area contributed by atoms with Crippen LogP contribution in [0.25, 0.3) is 0 Å². The average Bonchev–Trinajstić information content (AvgIpc) is 3.12. The first-order valence-electron chi connectivity index (χ1n) is 10.3. The molecular weight excluding hydrogens is 354 g/mol. The second kappa shape index (κ2) is 10.5. The van der Waals surface area contributed by atoms with Crippen molar-refractivity contribution >= 4 is 23.2 Å². The fourth-order valence-electron chi connectivity index (χ4n) is 3.53. The summed E-state index contributed by atoms with van der Waals surface area (Å²) in [5.74, 6) is 0.443. The molecule has 156 valence electrons. The monoisotopic (exact) mass is 389 g/mol. The molecule has 1 heterocycles. The molecule has 0 aromatic heterocycles. The minimum Gasteiger partial charge on any atom is -0.377 e. The highest BCUT2D eigenvalue weighted by Crippen LogP contribution is 2.26. The van der Waals surface area contributed by atoms with Gasteiger partial charge in [-0.2, -0.15) is 0 Å². The molecule has 0 unspecified atom stereocenters. The number of rotatable bonds is 9. The van der Waals surface area contributed by atoms with Crippen molar-refractivity contribution in [1.82, 2.24) is 4.90 Å². The second-order valence-corrected chi connectivity index (χ2v) is 8.15. The second-order valence-electron chi connectivity index (χ2n) is 8.15. The van der Waals surface area contributed by atoms with Gasteiger partial charge in [-0.25, -0.2) is 0 Å². The number of amides is 2. The zero-order chi connectivity index (χ0) is 20.7. The fraction of sp³-hybridized carbons (Fsp3) is 0.636. The van der Waals surface area contributed by atoms with Crippen LogP contribution < -0.4 is 10.2 Å². The Morgan fingerprint density at radius 2 is 2.04 bits per heavy atom. The Morgan fingerprint density at radius 1 is 1.29 bits per heavy atom. The Labute approximate surface area is 169 Å². The highest BCUT2D eigenvalue weighted by molar-refractivity contribution is 5.91. The molecule has 1 fully saturated rings. The lowest BCUT2D eigenvalue weighted by molar-refractivity contribution is -0.133. The van der Waals surface area contributed by atoms with Crippen LogP contribution in [-0.4, -0.2) is 50.1 Å². The number of ether oxygens (including phenoxy) is 1. The van der Waals surface area contributed by atoms with Crippen molar-refractivity contribution in [2.45, 2.75) is 59.1 Å². The molecule has 1 atom stereocenters. The molecular formula is C22H35N3O3. The van der Waals surface area contributed by atoms with Crippen molar-refractivity contribution in [3.05, 3.63) is 23.8 Å². The van der Waals surface area contributed by atoms with Crippen LogP contribution in [0, 0.1) is 5.92 Å². The van der Waals surface area contributed by atoms with Gasteiger partial charge in [0.15, 0.2) is 0 Å². The molecule has 28 heavy (non-hydrogen) atoms. The topological polar surface area (TPSA) is 61.9 Å².